The maximum atomic E-state index is 12.8. The van der Waals surface area contributed by atoms with Crippen LogP contribution in [0.5, 0.6) is 5.75 Å². The lowest BCUT2D eigenvalue weighted by atomic mass is 10.1. The van der Waals surface area contributed by atoms with E-state index in [9.17, 15) is 9.59 Å². The minimum Gasteiger partial charge on any atom is -0.490 e. The Morgan fingerprint density at radius 3 is 2.44 bits per heavy atom. The van der Waals surface area contributed by atoms with Crippen LogP contribution in [-0.2, 0) is 4.74 Å². The average molecular weight is 519 g/mol. The standard InChI is InChI=1S/C24H27BrN2O4S/c1-4-27(5-2)14-15-31-20-18(25)13-12-17-19(24(29)30-6-3)23(32-21(17)20)26-22(28)16-10-8-7-9-11-16/h7-13H,4-6,14-15H2,1-3H3,(H,26,28). The van der Waals surface area contributed by atoms with Crippen molar-refractivity contribution >= 4 is 54.2 Å². The third kappa shape index (κ3) is 5.49. The zero-order valence-corrected chi connectivity index (χ0v) is 20.8. The monoisotopic (exact) mass is 518 g/mol. The lowest BCUT2D eigenvalue weighted by Gasteiger charge is -2.18. The maximum Gasteiger partial charge on any atom is 0.341 e. The van der Waals surface area contributed by atoms with Crippen molar-refractivity contribution in [2.45, 2.75) is 20.8 Å². The van der Waals surface area contributed by atoms with Crippen LogP contribution < -0.4 is 10.1 Å². The highest BCUT2D eigenvalue weighted by atomic mass is 79.9. The number of carbonyl (C=O) groups is 2. The minimum atomic E-state index is -0.474. The van der Waals surface area contributed by atoms with E-state index in [0.717, 1.165) is 28.8 Å². The fourth-order valence-electron chi connectivity index (χ4n) is 3.32. The molecule has 2 aromatic carbocycles. The smallest absolute Gasteiger partial charge is 0.341 e. The molecule has 32 heavy (non-hydrogen) atoms. The van der Waals surface area contributed by atoms with E-state index in [1.807, 2.05) is 18.2 Å². The summed E-state index contributed by atoms with van der Waals surface area (Å²) in [6.45, 7) is 9.44. The Morgan fingerprint density at radius 1 is 1.06 bits per heavy atom. The number of esters is 1. The zero-order chi connectivity index (χ0) is 23.1. The first kappa shape index (κ1) is 24.2. The van der Waals surface area contributed by atoms with Gasteiger partial charge in [0.25, 0.3) is 5.91 Å². The van der Waals surface area contributed by atoms with E-state index in [-0.39, 0.29) is 12.5 Å². The van der Waals surface area contributed by atoms with Crippen molar-refractivity contribution in [1.82, 2.24) is 4.90 Å². The number of halogens is 1. The van der Waals surface area contributed by atoms with Gasteiger partial charge in [-0.05, 0) is 54.1 Å². The first-order valence-electron chi connectivity index (χ1n) is 10.6. The highest BCUT2D eigenvalue weighted by Gasteiger charge is 2.25. The molecule has 0 aliphatic heterocycles. The van der Waals surface area contributed by atoms with E-state index < -0.39 is 5.97 Å². The van der Waals surface area contributed by atoms with Gasteiger partial charge in [-0.3, -0.25) is 4.79 Å². The molecule has 1 amide bonds. The van der Waals surface area contributed by atoms with Crippen LogP contribution in [-0.4, -0.2) is 49.6 Å². The quantitative estimate of drug-likeness (QED) is 0.343. The van der Waals surface area contributed by atoms with Crippen molar-refractivity contribution in [1.29, 1.82) is 0 Å². The van der Waals surface area contributed by atoms with Gasteiger partial charge in [-0.1, -0.05) is 38.1 Å². The van der Waals surface area contributed by atoms with Gasteiger partial charge < -0.3 is 19.7 Å². The Bertz CT molecular complexity index is 1080. The van der Waals surface area contributed by atoms with E-state index >= 15 is 0 Å². The molecular weight excluding hydrogens is 492 g/mol. The van der Waals surface area contributed by atoms with Gasteiger partial charge in [0.2, 0.25) is 0 Å². The average Bonchev–Trinajstić information content (AvgIpc) is 3.16. The number of amides is 1. The van der Waals surface area contributed by atoms with Crippen LogP contribution in [0.15, 0.2) is 46.9 Å². The van der Waals surface area contributed by atoms with Gasteiger partial charge in [0.15, 0.2) is 5.75 Å². The highest BCUT2D eigenvalue weighted by Crippen LogP contribution is 2.44. The number of nitrogens with one attached hydrogen (secondary N) is 1. The number of benzene rings is 2. The zero-order valence-electron chi connectivity index (χ0n) is 18.4. The van der Waals surface area contributed by atoms with Crippen molar-refractivity contribution in [2.75, 3.05) is 38.2 Å². The Hall–Kier alpha value is -2.42. The van der Waals surface area contributed by atoms with Crippen LogP contribution in [0.4, 0.5) is 5.00 Å². The van der Waals surface area contributed by atoms with Crippen molar-refractivity contribution in [3.63, 3.8) is 0 Å². The van der Waals surface area contributed by atoms with Gasteiger partial charge in [0.1, 0.15) is 17.2 Å². The second-order valence-electron chi connectivity index (χ2n) is 6.98. The Balaban J connectivity index is 1.99. The van der Waals surface area contributed by atoms with Crippen molar-refractivity contribution in [3.8, 4) is 5.75 Å². The van der Waals surface area contributed by atoms with Crippen LogP contribution in [0.3, 0.4) is 0 Å². The molecule has 6 nitrogen and oxygen atoms in total. The number of anilines is 1. The molecule has 0 unspecified atom stereocenters. The summed E-state index contributed by atoms with van der Waals surface area (Å²) < 4.78 is 13.0. The predicted molar refractivity (Wildman–Crippen MR) is 133 cm³/mol. The summed E-state index contributed by atoms with van der Waals surface area (Å²) in [4.78, 5) is 27.9. The van der Waals surface area contributed by atoms with Gasteiger partial charge in [0.05, 0.1) is 15.8 Å². The molecule has 0 saturated carbocycles. The highest BCUT2D eigenvalue weighted by molar-refractivity contribution is 9.10. The molecule has 1 N–H and O–H groups in total. The molecule has 0 spiro atoms. The summed E-state index contributed by atoms with van der Waals surface area (Å²) in [6.07, 6.45) is 0. The molecule has 0 fully saturated rings. The molecule has 0 bridgehead atoms. The lowest BCUT2D eigenvalue weighted by Crippen LogP contribution is -2.27. The summed E-state index contributed by atoms with van der Waals surface area (Å²) in [7, 11) is 0. The molecule has 3 rings (SSSR count). The van der Waals surface area contributed by atoms with E-state index in [1.54, 1.807) is 31.2 Å². The molecule has 0 atom stereocenters. The van der Waals surface area contributed by atoms with E-state index in [0.29, 0.717) is 33.9 Å². The predicted octanol–water partition coefficient (Wildman–Crippen LogP) is 5.81. The van der Waals surface area contributed by atoms with Gasteiger partial charge in [-0.15, -0.1) is 11.3 Å². The molecule has 1 aromatic heterocycles. The van der Waals surface area contributed by atoms with Crippen LogP contribution in [0.2, 0.25) is 0 Å². The summed E-state index contributed by atoms with van der Waals surface area (Å²) in [5, 5.41) is 4.03. The second kappa shape index (κ2) is 11.4. The number of rotatable bonds is 10. The molecule has 0 saturated heterocycles. The largest absolute Gasteiger partial charge is 0.490 e. The van der Waals surface area contributed by atoms with Crippen LogP contribution in [0.1, 0.15) is 41.5 Å². The van der Waals surface area contributed by atoms with E-state index in [1.165, 1.54) is 11.3 Å². The fraction of sp³-hybridized carbons (Fsp3) is 0.333. The Kier molecular flexibility index (Phi) is 8.67. The second-order valence-corrected chi connectivity index (χ2v) is 8.85. The van der Waals surface area contributed by atoms with E-state index in [2.05, 4.69) is 40.0 Å². The number of carbonyl (C=O) groups excluding carboxylic acids is 2. The van der Waals surface area contributed by atoms with Gasteiger partial charge >= 0.3 is 5.97 Å². The lowest BCUT2D eigenvalue weighted by molar-refractivity contribution is 0.0530. The molecule has 1 heterocycles. The fourth-order valence-corrected chi connectivity index (χ4v) is 5.08. The number of hydrogen-bond acceptors (Lipinski definition) is 6. The summed E-state index contributed by atoms with van der Waals surface area (Å²) in [6, 6.07) is 12.6. The Morgan fingerprint density at radius 2 is 1.78 bits per heavy atom. The summed E-state index contributed by atoms with van der Waals surface area (Å²) in [5.74, 6) is -0.102. The summed E-state index contributed by atoms with van der Waals surface area (Å²) >= 11 is 4.88. The number of hydrogen-bond donors (Lipinski definition) is 1. The molecule has 8 heteroatoms. The topological polar surface area (TPSA) is 67.9 Å². The number of likely N-dealkylation sites (N-methyl/N-ethyl adjacent to an activating group) is 1. The first-order chi connectivity index (χ1) is 15.5. The third-order valence-corrected chi connectivity index (χ3v) is 6.80. The molecule has 3 aromatic rings. The van der Waals surface area contributed by atoms with Crippen molar-refractivity contribution in [2.24, 2.45) is 0 Å². The SMILES string of the molecule is CCOC(=O)c1c(NC(=O)c2ccccc2)sc2c(OCCN(CC)CC)c(Br)ccc12. The summed E-state index contributed by atoms with van der Waals surface area (Å²) in [5.41, 5.74) is 0.855. The van der Waals surface area contributed by atoms with Gasteiger partial charge in [0, 0.05) is 17.5 Å². The molecule has 0 radical (unpaired) electrons. The maximum absolute atomic E-state index is 12.8. The van der Waals surface area contributed by atoms with Crippen LogP contribution in [0.25, 0.3) is 10.1 Å². The van der Waals surface area contributed by atoms with Crippen molar-refractivity contribution in [3.05, 3.63) is 58.1 Å². The normalized spacial score (nSPS) is 11.0. The van der Waals surface area contributed by atoms with Crippen LogP contribution >= 0.6 is 27.3 Å². The molecule has 0 aliphatic carbocycles. The number of ether oxygens (including phenoxy) is 2. The molecular formula is C24H27BrN2O4S. The molecule has 0 aliphatic rings. The van der Waals surface area contributed by atoms with Gasteiger partial charge in [-0.2, -0.15) is 0 Å². The number of thiophene rings is 1. The van der Waals surface area contributed by atoms with Crippen LogP contribution in [0, 0.1) is 0 Å². The Labute approximate surface area is 200 Å². The van der Waals surface area contributed by atoms with E-state index in [4.69, 9.17) is 9.47 Å². The molecule has 170 valence electrons. The first-order valence-corrected chi connectivity index (χ1v) is 12.2. The van der Waals surface area contributed by atoms with Crippen molar-refractivity contribution < 1.29 is 19.1 Å². The third-order valence-electron chi connectivity index (χ3n) is 5.06. The minimum absolute atomic E-state index is 0.242. The van der Waals surface area contributed by atoms with Gasteiger partial charge in [-0.25, -0.2) is 4.79 Å². The number of fused-ring (bicyclic) bond motifs is 1. The number of nitrogens with zero attached hydrogens (tertiary/aromatic N) is 1.